The minimum Gasteiger partial charge on any atom is -0.477 e. The summed E-state index contributed by atoms with van der Waals surface area (Å²) in [6.07, 6.45) is 2.70. The Hall–Kier alpha value is -2.62. The van der Waals surface area contributed by atoms with Gasteiger partial charge >= 0.3 is 5.97 Å². The topological polar surface area (TPSA) is 107 Å². The summed E-state index contributed by atoms with van der Waals surface area (Å²) in [7, 11) is 0. The molecule has 158 valence electrons. The molecule has 0 saturated carbocycles. The molecule has 0 bridgehead atoms. The number of thiazole rings is 1. The van der Waals surface area contributed by atoms with Crippen LogP contribution in [0.1, 0.15) is 25.1 Å². The van der Waals surface area contributed by atoms with Gasteiger partial charge in [-0.05, 0) is 24.1 Å². The summed E-state index contributed by atoms with van der Waals surface area (Å²) in [6.45, 7) is 5.05. The molecule has 9 heteroatoms. The van der Waals surface area contributed by atoms with Gasteiger partial charge in [-0.15, -0.1) is 11.3 Å². The van der Waals surface area contributed by atoms with Crippen molar-refractivity contribution in [1.82, 2.24) is 19.8 Å². The van der Waals surface area contributed by atoms with Crippen LogP contribution >= 0.6 is 11.3 Å². The van der Waals surface area contributed by atoms with Crippen LogP contribution in [0, 0.1) is 11.8 Å². The summed E-state index contributed by atoms with van der Waals surface area (Å²) in [4.78, 5) is 36.7. The molecule has 0 spiro atoms. The van der Waals surface area contributed by atoms with E-state index < -0.39 is 18.0 Å². The maximum Gasteiger partial charge on any atom is 0.352 e. The number of pyridine rings is 1. The predicted molar refractivity (Wildman–Crippen MR) is 110 cm³/mol. The van der Waals surface area contributed by atoms with E-state index in [0.29, 0.717) is 25.2 Å². The Bertz CT molecular complexity index is 961. The van der Waals surface area contributed by atoms with Crippen molar-refractivity contribution in [2.24, 2.45) is 11.8 Å². The highest BCUT2D eigenvalue weighted by Gasteiger charge is 2.59. The number of hydrogen-bond acceptors (Lipinski definition) is 7. The quantitative estimate of drug-likeness (QED) is 0.617. The molecule has 4 heterocycles. The fourth-order valence-corrected chi connectivity index (χ4v) is 5.11. The summed E-state index contributed by atoms with van der Waals surface area (Å²) >= 11 is 1.51. The van der Waals surface area contributed by atoms with Crippen molar-refractivity contribution >= 4 is 23.2 Å². The van der Waals surface area contributed by atoms with Crippen LogP contribution in [0.4, 0.5) is 0 Å². The number of amides is 1. The zero-order chi connectivity index (χ0) is 21.4. The Morgan fingerprint density at radius 1 is 1.37 bits per heavy atom. The number of carboxylic acids is 1. The largest absolute Gasteiger partial charge is 0.477 e. The first-order chi connectivity index (χ1) is 14.4. The van der Waals surface area contributed by atoms with Crippen LogP contribution in [0.3, 0.4) is 0 Å². The third-order valence-electron chi connectivity index (χ3n) is 5.91. The lowest BCUT2D eigenvalue weighted by atomic mass is 9.77. The van der Waals surface area contributed by atoms with E-state index in [2.05, 4.69) is 14.9 Å². The Morgan fingerprint density at radius 2 is 2.17 bits per heavy atom. The molecule has 30 heavy (non-hydrogen) atoms. The van der Waals surface area contributed by atoms with E-state index in [1.54, 1.807) is 24.8 Å². The van der Waals surface area contributed by atoms with E-state index in [1.165, 1.54) is 16.2 Å². The standard InChI is InChI=1S/C21H24N4O4S/c1-12-16(19(21(28)29)25-18(12)17(13(2)26)20(25)27)9-24(8-15-10-30-11-23-15)7-14-4-3-5-22-6-14/h3-6,10-13,17-18,26H,7-9H2,1-2H3,(H,28,29)/t12-,13+,17+,18+/m0/s1. The summed E-state index contributed by atoms with van der Waals surface area (Å²) in [5.41, 5.74) is 4.47. The first-order valence-electron chi connectivity index (χ1n) is 9.84. The third-order valence-corrected chi connectivity index (χ3v) is 6.55. The molecule has 2 aromatic heterocycles. The van der Waals surface area contributed by atoms with Gasteiger partial charge in [0, 0.05) is 43.3 Å². The van der Waals surface area contributed by atoms with Gasteiger partial charge in [0.25, 0.3) is 0 Å². The second-order valence-corrected chi connectivity index (χ2v) is 8.64. The fourth-order valence-electron chi connectivity index (χ4n) is 4.56. The monoisotopic (exact) mass is 428 g/mol. The molecule has 0 aromatic carbocycles. The van der Waals surface area contributed by atoms with Gasteiger partial charge in [-0.25, -0.2) is 9.78 Å². The molecule has 0 radical (unpaired) electrons. The molecule has 2 aliphatic rings. The lowest BCUT2D eigenvalue weighted by Gasteiger charge is -2.46. The highest BCUT2D eigenvalue weighted by Crippen LogP contribution is 2.47. The minimum atomic E-state index is -1.10. The van der Waals surface area contributed by atoms with Crippen molar-refractivity contribution in [2.45, 2.75) is 39.1 Å². The van der Waals surface area contributed by atoms with Crippen molar-refractivity contribution < 1.29 is 19.8 Å². The highest BCUT2D eigenvalue weighted by atomic mass is 32.1. The molecule has 4 rings (SSSR count). The molecular weight excluding hydrogens is 404 g/mol. The minimum absolute atomic E-state index is 0.0591. The summed E-state index contributed by atoms with van der Waals surface area (Å²) in [6, 6.07) is 3.54. The van der Waals surface area contributed by atoms with Crippen LogP contribution in [-0.4, -0.2) is 60.5 Å². The molecule has 1 fully saturated rings. The molecule has 0 aliphatic carbocycles. The van der Waals surface area contributed by atoms with E-state index in [4.69, 9.17) is 0 Å². The number of carbonyl (C=O) groups is 2. The Balaban J connectivity index is 1.63. The number of aliphatic carboxylic acids is 1. The van der Waals surface area contributed by atoms with E-state index in [-0.39, 0.29) is 23.6 Å². The van der Waals surface area contributed by atoms with E-state index in [0.717, 1.165) is 11.3 Å². The average Bonchev–Trinajstić information content (AvgIpc) is 3.28. The van der Waals surface area contributed by atoms with Gasteiger partial charge in [-0.2, -0.15) is 0 Å². The van der Waals surface area contributed by atoms with Crippen LogP contribution in [0.15, 0.2) is 46.7 Å². The summed E-state index contributed by atoms with van der Waals surface area (Å²) in [5.74, 6) is -2.13. The van der Waals surface area contributed by atoms with Gasteiger partial charge in [-0.3, -0.25) is 14.7 Å². The molecule has 1 saturated heterocycles. The van der Waals surface area contributed by atoms with E-state index in [1.807, 2.05) is 24.4 Å². The van der Waals surface area contributed by atoms with Crippen LogP contribution in [-0.2, 0) is 22.7 Å². The fraction of sp³-hybridized carbons (Fsp3) is 0.429. The van der Waals surface area contributed by atoms with Crippen LogP contribution < -0.4 is 0 Å². The second kappa shape index (κ2) is 8.25. The second-order valence-electron chi connectivity index (χ2n) is 7.92. The van der Waals surface area contributed by atoms with Crippen molar-refractivity contribution in [3.63, 3.8) is 0 Å². The van der Waals surface area contributed by atoms with Gasteiger partial charge in [0.2, 0.25) is 5.91 Å². The Kier molecular flexibility index (Phi) is 5.68. The molecular formula is C21H24N4O4S. The first kappa shape index (κ1) is 20.6. The number of carbonyl (C=O) groups excluding carboxylic acids is 1. The Labute approximate surface area is 178 Å². The van der Waals surface area contributed by atoms with Crippen molar-refractivity contribution in [1.29, 1.82) is 0 Å². The van der Waals surface area contributed by atoms with Gasteiger partial charge in [0.1, 0.15) is 5.70 Å². The molecule has 0 unspecified atom stereocenters. The molecule has 2 aliphatic heterocycles. The molecule has 4 atom stereocenters. The van der Waals surface area contributed by atoms with E-state index in [9.17, 15) is 19.8 Å². The molecule has 8 nitrogen and oxygen atoms in total. The SMILES string of the molecule is C[C@@H](O)[C@H]1C(=O)N2C(C(=O)O)=C(CN(Cc3cccnc3)Cc3cscn3)[C@H](C)[C@H]12. The van der Waals surface area contributed by atoms with Crippen molar-refractivity contribution in [3.8, 4) is 0 Å². The molecule has 2 aromatic rings. The first-order valence-corrected chi connectivity index (χ1v) is 10.8. The van der Waals surface area contributed by atoms with E-state index >= 15 is 0 Å². The smallest absolute Gasteiger partial charge is 0.352 e. The van der Waals surface area contributed by atoms with Gasteiger partial charge < -0.3 is 15.1 Å². The van der Waals surface area contributed by atoms with Crippen LogP contribution in [0.2, 0.25) is 0 Å². The van der Waals surface area contributed by atoms with Crippen molar-refractivity contribution in [2.75, 3.05) is 6.54 Å². The van der Waals surface area contributed by atoms with Crippen LogP contribution in [0.5, 0.6) is 0 Å². The summed E-state index contributed by atoms with van der Waals surface area (Å²) in [5, 5.41) is 21.9. The number of hydrogen-bond donors (Lipinski definition) is 2. The van der Waals surface area contributed by atoms with Gasteiger partial charge in [-0.1, -0.05) is 13.0 Å². The number of aliphatic hydroxyl groups is 1. The van der Waals surface area contributed by atoms with Crippen molar-refractivity contribution in [3.05, 3.63) is 57.9 Å². The number of carboxylic acid groups (broad SMARTS) is 1. The lowest BCUT2D eigenvalue weighted by Crippen LogP contribution is -2.63. The molecule has 1 amide bonds. The van der Waals surface area contributed by atoms with Gasteiger partial charge in [0.05, 0.1) is 29.3 Å². The molecule has 2 N–H and O–H groups in total. The average molecular weight is 429 g/mol. The van der Waals surface area contributed by atoms with Crippen LogP contribution in [0.25, 0.3) is 0 Å². The number of fused-ring (bicyclic) bond motifs is 1. The number of aromatic nitrogens is 2. The zero-order valence-electron chi connectivity index (χ0n) is 16.8. The number of nitrogens with zero attached hydrogens (tertiary/aromatic N) is 4. The zero-order valence-corrected chi connectivity index (χ0v) is 17.6. The number of β-lactam (4-membered cyclic amide) rings is 1. The number of rotatable bonds is 8. The predicted octanol–water partition coefficient (Wildman–Crippen LogP) is 1.74. The highest BCUT2D eigenvalue weighted by molar-refractivity contribution is 7.07. The summed E-state index contributed by atoms with van der Waals surface area (Å²) < 4.78 is 0. The normalized spacial score (nSPS) is 24.2. The lowest BCUT2D eigenvalue weighted by molar-refractivity contribution is -0.163. The number of aliphatic hydroxyl groups excluding tert-OH is 1. The Morgan fingerprint density at radius 3 is 2.77 bits per heavy atom. The third kappa shape index (κ3) is 3.64. The maximum atomic E-state index is 12.6. The maximum absolute atomic E-state index is 12.6. The van der Waals surface area contributed by atoms with Gasteiger partial charge in [0.15, 0.2) is 0 Å².